The van der Waals surface area contributed by atoms with Gasteiger partial charge >= 0.3 is 0 Å². The molecule has 0 saturated heterocycles. The SMILES string of the molecule is CC(Sc1n[nH]c2nc3ccccc3n12)C(=O)NC1CCCC1. The Bertz CT molecular complexity index is 849. The van der Waals surface area contributed by atoms with Crippen LogP contribution in [0.1, 0.15) is 32.6 Å². The zero-order valence-corrected chi connectivity index (χ0v) is 13.8. The van der Waals surface area contributed by atoms with Crippen molar-refractivity contribution >= 4 is 34.5 Å². The largest absolute Gasteiger partial charge is 0.352 e. The van der Waals surface area contributed by atoms with Crippen LogP contribution in [0.15, 0.2) is 29.4 Å². The third-order valence-corrected chi connectivity index (χ3v) is 5.41. The first-order valence-electron chi connectivity index (χ1n) is 8.01. The summed E-state index contributed by atoms with van der Waals surface area (Å²) >= 11 is 1.46. The summed E-state index contributed by atoms with van der Waals surface area (Å²) in [4.78, 5) is 16.9. The Morgan fingerprint density at radius 3 is 3.00 bits per heavy atom. The van der Waals surface area contributed by atoms with Crippen molar-refractivity contribution in [2.24, 2.45) is 0 Å². The molecule has 1 atom stereocenters. The number of H-pyrrole nitrogens is 1. The van der Waals surface area contributed by atoms with E-state index in [2.05, 4.69) is 20.5 Å². The van der Waals surface area contributed by atoms with E-state index in [1.807, 2.05) is 35.6 Å². The van der Waals surface area contributed by atoms with Crippen LogP contribution in [0.25, 0.3) is 16.8 Å². The van der Waals surface area contributed by atoms with Crippen LogP contribution < -0.4 is 5.32 Å². The van der Waals surface area contributed by atoms with Crippen LogP contribution in [0.2, 0.25) is 0 Å². The number of thioether (sulfide) groups is 1. The molecule has 7 heteroatoms. The average Bonchev–Trinajstić information content (AvgIpc) is 3.24. The van der Waals surface area contributed by atoms with Crippen molar-refractivity contribution < 1.29 is 4.79 Å². The number of aromatic amines is 1. The molecule has 23 heavy (non-hydrogen) atoms. The highest BCUT2D eigenvalue weighted by Crippen LogP contribution is 2.26. The second kappa shape index (κ2) is 5.88. The van der Waals surface area contributed by atoms with Crippen LogP contribution in [-0.4, -0.2) is 36.8 Å². The van der Waals surface area contributed by atoms with Gasteiger partial charge in [0.2, 0.25) is 11.7 Å². The van der Waals surface area contributed by atoms with E-state index in [0.717, 1.165) is 29.0 Å². The number of imidazole rings is 1. The fourth-order valence-corrected chi connectivity index (χ4v) is 4.00. The zero-order chi connectivity index (χ0) is 15.8. The predicted octanol–water partition coefficient (Wildman–Crippen LogP) is 2.75. The number of carbonyl (C=O) groups is 1. The molecule has 4 rings (SSSR count). The van der Waals surface area contributed by atoms with Gasteiger partial charge in [0.15, 0.2) is 5.16 Å². The van der Waals surface area contributed by atoms with Crippen LogP contribution in [0.4, 0.5) is 0 Å². The molecule has 6 nitrogen and oxygen atoms in total. The van der Waals surface area contributed by atoms with Crippen LogP contribution in [-0.2, 0) is 4.79 Å². The second-order valence-corrected chi connectivity index (χ2v) is 7.32. The molecule has 1 aliphatic rings. The fraction of sp³-hybridized carbons (Fsp3) is 0.438. The zero-order valence-electron chi connectivity index (χ0n) is 13.0. The van der Waals surface area contributed by atoms with Crippen molar-refractivity contribution in [2.45, 2.75) is 49.1 Å². The molecule has 2 heterocycles. The maximum atomic E-state index is 12.4. The quantitative estimate of drug-likeness (QED) is 0.722. The topological polar surface area (TPSA) is 75.1 Å². The maximum Gasteiger partial charge on any atom is 0.233 e. The van der Waals surface area contributed by atoms with Gasteiger partial charge in [-0.05, 0) is 31.9 Å². The molecule has 3 aromatic rings. The molecule has 1 aliphatic carbocycles. The van der Waals surface area contributed by atoms with Gasteiger partial charge in [-0.3, -0.25) is 9.20 Å². The van der Waals surface area contributed by atoms with E-state index in [0.29, 0.717) is 11.8 Å². The van der Waals surface area contributed by atoms with Gasteiger partial charge in [0, 0.05) is 6.04 Å². The number of amides is 1. The first-order chi connectivity index (χ1) is 11.2. The van der Waals surface area contributed by atoms with Crippen LogP contribution in [0.5, 0.6) is 0 Å². The number of rotatable bonds is 4. The van der Waals surface area contributed by atoms with Crippen LogP contribution >= 0.6 is 11.8 Å². The molecule has 120 valence electrons. The van der Waals surface area contributed by atoms with E-state index in [4.69, 9.17) is 0 Å². The van der Waals surface area contributed by atoms with Crippen molar-refractivity contribution in [1.82, 2.24) is 24.9 Å². The highest BCUT2D eigenvalue weighted by atomic mass is 32.2. The third kappa shape index (κ3) is 2.69. The number of para-hydroxylation sites is 2. The van der Waals surface area contributed by atoms with Gasteiger partial charge in [-0.15, -0.1) is 5.10 Å². The van der Waals surface area contributed by atoms with E-state index in [1.54, 1.807) is 0 Å². The van der Waals surface area contributed by atoms with Gasteiger partial charge in [-0.2, -0.15) is 0 Å². The highest BCUT2D eigenvalue weighted by molar-refractivity contribution is 8.00. The number of carbonyl (C=O) groups excluding carboxylic acids is 1. The minimum atomic E-state index is -0.191. The number of benzene rings is 1. The van der Waals surface area contributed by atoms with Gasteiger partial charge in [0.25, 0.3) is 0 Å². The van der Waals surface area contributed by atoms with Gasteiger partial charge in [0.1, 0.15) is 0 Å². The van der Waals surface area contributed by atoms with E-state index in [9.17, 15) is 4.79 Å². The lowest BCUT2D eigenvalue weighted by atomic mass is 10.2. The number of aromatic nitrogens is 4. The Hall–Kier alpha value is -2.02. The predicted molar refractivity (Wildman–Crippen MR) is 90.6 cm³/mol. The molecule has 1 saturated carbocycles. The molecular weight excluding hydrogens is 310 g/mol. The molecular formula is C16H19N5OS. The molecule has 0 bridgehead atoms. The summed E-state index contributed by atoms with van der Waals surface area (Å²) in [5, 5.41) is 11.0. The number of fused-ring (bicyclic) bond motifs is 3. The van der Waals surface area contributed by atoms with Crippen LogP contribution in [0.3, 0.4) is 0 Å². The molecule has 0 spiro atoms. The summed E-state index contributed by atoms with van der Waals surface area (Å²) in [6, 6.07) is 8.28. The first-order valence-corrected chi connectivity index (χ1v) is 8.89. The van der Waals surface area contributed by atoms with E-state index in [-0.39, 0.29) is 11.2 Å². The van der Waals surface area contributed by atoms with Gasteiger partial charge in [-0.1, -0.05) is 36.7 Å². The summed E-state index contributed by atoms with van der Waals surface area (Å²) < 4.78 is 1.97. The number of hydrogen-bond donors (Lipinski definition) is 2. The summed E-state index contributed by atoms with van der Waals surface area (Å²) in [5.41, 5.74) is 1.92. The van der Waals surface area contributed by atoms with Gasteiger partial charge in [-0.25, -0.2) is 10.1 Å². The molecule has 1 fully saturated rings. The Morgan fingerprint density at radius 1 is 1.39 bits per heavy atom. The van der Waals surface area contributed by atoms with E-state index >= 15 is 0 Å². The second-order valence-electron chi connectivity index (χ2n) is 6.02. The van der Waals surface area contributed by atoms with E-state index in [1.165, 1.54) is 24.6 Å². The summed E-state index contributed by atoms with van der Waals surface area (Å²) in [7, 11) is 0. The lowest BCUT2D eigenvalue weighted by Gasteiger charge is -2.15. The molecule has 1 amide bonds. The summed E-state index contributed by atoms with van der Waals surface area (Å²) in [6.07, 6.45) is 4.63. The Morgan fingerprint density at radius 2 is 2.17 bits per heavy atom. The molecule has 1 aromatic carbocycles. The lowest BCUT2D eigenvalue weighted by Crippen LogP contribution is -2.37. The average molecular weight is 329 g/mol. The Labute approximate surface area is 138 Å². The standard InChI is InChI=1S/C16H19N5OS/c1-10(14(22)17-11-6-2-3-7-11)23-16-20-19-15-18-12-8-4-5-9-13(12)21(15)16/h4-5,8-11H,2-3,6-7H2,1H3,(H,17,22)(H,18,19). The van der Waals surface area contributed by atoms with Crippen molar-refractivity contribution in [1.29, 1.82) is 0 Å². The Kier molecular flexibility index (Phi) is 3.72. The summed E-state index contributed by atoms with van der Waals surface area (Å²) in [6.45, 7) is 1.93. The molecule has 0 radical (unpaired) electrons. The number of nitrogens with zero attached hydrogens (tertiary/aromatic N) is 3. The van der Waals surface area contributed by atoms with Crippen molar-refractivity contribution in [3.05, 3.63) is 24.3 Å². The van der Waals surface area contributed by atoms with Crippen molar-refractivity contribution in [3.8, 4) is 0 Å². The smallest absolute Gasteiger partial charge is 0.233 e. The van der Waals surface area contributed by atoms with Gasteiger partial charge in [0.05, 0.1) is 16.3 Å². The third-order valence-electron chi connectivity index (χ3n) is 4.36. The highest BCUT2D eigenvalue weighted by Gasteiger charge is 2.23. The minimum Gasteiger partial charge on any atom is -0.352 e. The molecule has 2 N–H and O–H groups in total. The van der Waals surface area contributed by atoms with Crippen molar-refractivity contribution in [3.63, 3.8) is 0 Å². The normalized spacial score (nSPS) is 17.1. The van der Waals surface area contributed by atoms with E-state index < -0.39 is 0 Å². The van der Waals surface area contributed by atoms with Gasteiger partial charge < -0.3 is 5.32 Å². The monoisotopic (exact) mass is 329 g/mol. The minimum absolute atomic E-state index is 0.0856. The van der Waals surface area contributed by atoms with Crippen molar-refractivity contribution in [2.75, 3.05) is 0 Å². The lowest BCUT2D eigenvalue weighted by molar-refractivity contribution is -0.120. The van der Waals surface area contributed by atoms with Crippen LogP contribution in [0, 0.1) is 0 Å². The Balaban J connectivity index is 1.55. The molecule has 2 aromatic heterocycles. The number of hydrogen-bond acceptors (Lipinski definition) is 4. The summed E-state index contributed by atoms with van der Waals surface area (Å²) in [5.74, 6) is 0.791. The first kappa shape index (κ1) is 14.6. The number of nitrogens with one attached hydrogen (secondary N) is 2. The maximum absolute atomic E-state index is 12.4. The fourth-order valence-electron chi connectivity index (χ4n) is 3.12. The molecule has 1 unspecified atom stereocenters. The molecule has 0 aliphatic heterocycles.